The van der Waals surface area contributed by atoms with E-state index in [0.29, 0.717) is 22.0 Å². The normalized spacial score (nSPS) is 11.8. The predicted molar refractivity (Wildman–Crippen MR) is 97.0 cm³/mol. The van der Waals surface area contributed by atoms with Crippen LogP contribution in [0.25, 0.3) is 22.1 Å². The largest absolute Gasteiger partial charge is 0.459 e. The molecular formula is C20H13F3N2O4. The lowest BCUT2D eigenvalue weighted by atomic mass is 10.1. The SMILES string of the molecule is O=C(Cn1cnc2c(oc3ccccc32)c1=O)OCc1ccc(C(F)(F)F)cc1. The molecule has 0 saturated heterocycles. The summed E-state index contributed by atoms with van der Waals surface area (Å²) in [5.41, 5.74) is 0.0190. The number of hydrogen-bond donors (Lipinski definition) is 0. The Morgan fingerprint density at radius 1 is 1.10 bits per heavy atom. The quantitative estimate of drug-likeness (QED) is 0.484. The van der Waals surface area contributed by atoms with Gasteiger partial charge in [-0.15, -0.1) is 0 Å². The van der Waals surface area contributed by atoms with Crippen molar-refractivity contribution in [1.82, 2.24) is 9.55 Å². The van der Waals surface area contributed by atoms with Gasteiger partial charge in [0.25, 0.3) is 5.56 Å². The van der Waals surface area contributed by atoms with E-state index in [1.807, 2.05) is 0 Å². The van der Waals surface area contributed by atoms with E-state index < -0.39 is 29.8 Å². The maximum atomic E-state index is 12.6. The van der Waals surface area contributed by atoms with E-state index in [1.54, 1.807) is 24.3 Å². The van der Waals surface area contributed by atoms with Gasteiger partial charge in [0, 0.05) is 5.39 Å². The number of ether oxygens (including phenoxy) is 1. The second-order valence-corrected chi connectivity index (χ2v) is 6.31. The van der Waals surface area contributed by atoms with Crippen LogP contribution in [0.5, 0.6) is 0 Å². The lowest BCUT2D eigenvalue weighted by Crippen LogP contribution is -2.25. The highest BCUT2D eigenvalue weighted by Gasteiger charge is 2.29. The summed E-state index contributed by atoms with van der Waals surface area (Å²) in [6, 6.07) is 11.3. The van der Waals surface area contributed by atoms with E-state index in [1.165, 1.54) is 18.5 Å². The molecule has 2 aromatic carbocycles. The average molecular weight is 402 g/mol. The number of furan rings is 1. The minimum Gasteiger partial charge on any atom is -0.459 e. The lowest BCUT2D eigenvalue weighted by molar-refractivity contribution is -0.146. The number of halogens is 3. The van der Waals surface area contributed by atoms with Crippen LogP contribution in [-0.2, 0) is 28.9 Å². The van der Waals surface area contributed by atoms with Gasteiger partial charge in [0.2, 0.25) is 5.58 Å². The highest BCUT2D eigenvalue weighted by atomic mass is 19.4. The molecule has 0 radical (unpaired) electrons. The van der Waals surface area contributed by atoms with Gasteiger partial charge in [-0.25, -0.2) is 4.98 Å². The first kappa shape index (κ1) is 18.7. The minimum absolute atomic E-state index is 0.0317. The lowest BCUT2D eigenvalue weighted by Gasteiger charge is -2.09. The van der Waals surface area contributed by atoms with Crippen LogP contribution in [0.3, 0.4) is 0 Å². The number of rotatable bonds is 4. The van der Waals surface area contributed by atoms with Gasteiger partial charge >= 0.3 is 12.1 Å². The van der Waals surface area contributed by atoms with Gasteiger partial charge in [0.15, 0.2) is 0 Å². The van der Waals surface area contributed by atoms with Crippen molar-refractivity contribution in [3.8, 4) is 0 Å². The van der Waals surface area contributed by atoms with Crippen molar-refractivity contribution < 1.29 is 27.1 Å². The van der Waals surface area contributed by atoms with Crippen molar-refractivity contribution in [3.05, 3.63) is 76.3 Å². The van der Waals surface area contributed by atoms with Crippen molar-refractivity contribution in [2.24, 2.45) is 0 Å². The van der Waals surface area contributed by atoms with Crippen molar-refractivity contribution in [1.29, 1.82) is 0 Å². The molecule has 148 valence electrons. The van der Waals surface area contributed by atoms with E-state index in [-0.39, 0.29) is 12.2 Å². The van der Waals surface area contributed by atoms with Gasteiger partial charge in [-0.05, 0) is 29.8 Å². The third-order valence-corrected chi connectivity index (χ3v) is 4.33. The number of esters is 1. The Morgan fingerprint density at radius 3 is 2.55 bits per heavy atom. The second kappa shape index (κ2) is 7.08. The fourth-order valence-corrected chi connectivity index (χ4v) is 2.87. The van der Waals surface area contributed by atoms with Crippen LogP contribution in [0.4, 0.5) is 13.2 Å². The summed E-state index contributed by atoms with van der Waals surface area (Å²) in [5, 5.41) is 0.691. The van der Waals surface area contributed by atoms with E-state index in [0.717, 1.165) is 16.7 Å². The van der Waals surface area contributed by atoms with Crippen LogP contribution in [0.15, 0.2) is 64.1 Å². The van der Waals surface area contributed by atoms with Crippen LogP contribution < -0.4 is 5.56 Å². The van der Waals surface area contributed by atoms with Crippen molar-refractivity contribution in [3.63, 3.8) is 0 Å². The zero-order valence-electron chi connectivity index (χ0n) is 14.8. The van der Waals surface area contributed by atoms with Crippen LogP contribution in [0, 0.1) is 0 Å². The van der Waals surface area contributed by atoms with Crippen molar-refractivity contribution in [2.45, 2.75) is 19.3 Å². The topological polar surface area (TPSA) is 74.3 Å². The predicted octanol–water partition coefficient (Wildman–Crippen LogP) is 3.90. The molecule has 0 atom stereocenters. The molecule has 9 heteroatoms. The fourth-order valence-electron chi connectivity index (χ4n) is 2.87. The third-order valence-electron chi connectivity index (χ3n) is 4.33. The van der Waals surface area contributed by atoms with Gasteiger partial charge in [0.1, 0.15) is 24.3 Å². The summed E-state index contributed by atoms with van der Waals surface area (Å²) in [6.45, 7) is -0.620. The number of para-hydroxylation sites is 1. The Labute approximate surface area is 161 Å². The zero-order valence-corrected chi connectivity index (χ0v) is 14.8. The monoisotopic (exact) mass is 402 g/mol. The molecule has 0 fully saturated rings. The van der Waals surface area contributed by atoms with Gasteiger partial charge < -0.3 is 9.15 Å². The molecule has 29 heavy (non-hydrogen) atoms. The van der Waals surface area contributed by atoms with E-state index in [9.17, 15) is 22.8 Å². The molecule has 0 aliphatic heterocycles. The maximum absolute atomic E-state index is 12.6. The minimum atomic E-state index is -4.43. The standard InChI is InChI=1S/C20H13F3N2O4/c21-20(22,23)13-7-5-12(6-8-13)10-28-16(26)9-25-11-24-17-14-3-1-2-4-15(14)29-18(17)19(25)27/h1-8,11H,9-10H2. The summed E-state index contributed by atoms with van der Waals surface area (Å²) in [4.78, 5) is 28.8. The van der Waals surface area contributed by atoms with Crippen LogP contribution in [0.1, 0.15) is 11.1 Å². The molecule has 0 spiro atoms. The Morgan fingerprint density at radius 2 is 1.83 bits per heavy atom. The third kappa shape index (κ3) is 3.71. The average Bonchev–Trinajstić information content (AvgIpc) is 3.08. The highest BCUT2D eigenvalue weighted by Crippen LogP contribution is 2.29. The highest BCUT2D eigenvalue weighted by molar-refractivity contribution is 6.01. The Hall–Kier alpha value is -3.62. The Kier molecular flexibility index (Phi) is 4.57. The fraction of sp³-hybridized carbons (Fsp3) is 0.150. The molecule has 0 bridgehead atoms. The molecule has 0 aliphatic rings. The molecule has 0 unspecified atom stereocenters. The molecule has 4 aromatic rings. The molecule has 0 aliphatic carbocycles. The van der Waals surface area contributed by atoms with E-state index in [2.05, 4.69) is 4.98 Å². The number of aromatic nitrogens is 2. The first-order chi connectivity index (χ1) is 13.8. The number of hydrogen-bond acceptors (Lipinski definition) is 5. The van der Waals surface area contributed by atoms with E-state index >= 15 is 0 Å². The van der Waals surface area contributed by atoms with Gasteiger partial charge in [-0.1, -0.05) is 24.3 Å². The molecule has 0 N–H and O–H groups in total. The number of fused-ring (bicyclic) bond motifs is 3. The molecule has 2 heterocycles. The molecular weight excluding hydrogens is 389 g/mol. The number of nitrogens with zero attached hydrogens (tertiary/aromatic N) is 2. The molecule has 4 rings (SSSR count). The van der Waals surface area contributed by atoms with Gasteiger partial charge in [0.05, 0.1) is 11.9 Å². The smallest absolute Gasteiger partial charge is 0.416 e. The summed E-state index contributed by atoms with van der Waals surface area (Å²) in [5.74, 6) is -0.732. The van der Waals surface area contributed by atoms with Crippen LogP contribution >= 0.6 is 0 Å². The van der Waals surface area contributed by atoms with E-state index in [4.69, 9.17) is 9.15 Å². The Bertz CT molecular complexity index is 1260. The number of benzene rings is 2. The first-order valence-electron chi connectivity index (χ1n) is 8.51. The number of carbonyl (C=O) groups is 1. The molecule has 6 nitrogen and oxygen atoms in total. The summed E-state index contributed by atoms with van der Waals surface area (Å²) in [6.07, 6.45) is -3.20. The summed E-state index contributed by atoms with van der Waals surface area (Å²) in [7, 11) is 0. The second-order valence-electron chi connectivity index (χ2n) is 6.31. The molecule has 2 aromatic heterocycles. The molecule has 0 saturated carbocycles. The van der Waals surface area contributed by atoms with Gasteiger partial charge in [-0.2, -0.15) is 13.2 Å². The Balaban J connectivity index is 1.47. The van der Waals surface area contributed by atoms with Gasteiger partial charge in [-0.3, -0.25) is 14.2 Å². The first-order valence-corrected chi connectivity index (χ1v) is 8.51. The summed E-state index contributed by atoms with van der Waals surface area (Å²) < 4.78 is 49.3. The zero-order chi connectivity index (χ0) is 20.6. The summed E-state index contributed by atoms with van der Waals surface area (Å²) >= 11 is 0. The molecule has 0 amide bonds. The van der Waals surface area contributed by atoms with Crippen molar-refractivity contribution in [2.75, 3.05) is 0 Å². The van der Waals surface area contributed by atoms with Crippen molar-refractivity contribution >= 4 is 28.0 Å². The maximum Gasteiger partial charge on any atom is 0.416 e. The number of alkyl halides is 3. The van der Waals surface area contributed by atoms with Crippen LogP contribution in [0.2, 0.25) is 0 Å². The van der Waals surface area contributed by atoms with Crippen LogP contribution in [-0.4, -0.2) is 15.5 Å². The number of carbonyl (C=O) groups excluding carboxylic acids is 1.